The number of halogens is 6. The lowest BCUT2D eigenvalue weighted by Crippen LogP contribution is -2.68. The first-order valence-electron chi connectivity index (χ1n) is 35.9. The molecule has 111 heavy (non-hydrogen) atoms. The van der Waals surface area contributed by atoms with Gasteiger partial charge in [0.1, 0.15) is 64.6 Å². The van der Waals surface area contributed by atoms with Crippen molar-refractivity contribution in [3.63, 3.8) is 0 Å². The van der Waals surface area contributed by atoms with E-state index in [9.17, 15) is 42.6 Å². The zero-order valence-corrected chi connectivity index (χ0v) is 66.8. The number of carbonyl (C=O) groups is 4. The lowest BCUT2D eigenvalue weighted by atomic mass is 10.0. The molecule has 0 bridgehead atoms. The molecular formula is C83H100F6O20Si2. The van der Waals surface area contributed by atoms with E-state index in [1.807, 2.05) is 81.4 Å². The highest BCUT2D eigenvalue weighted by Gasteiger charge is 2.56. The van der Waals surface area contributed by atoms with E-state index in [2.05, 4.69) is 19.6 Å². The summed E-state index contributed by atoms with van der Waals surface area (Å²) in [7, 11) is 0.587. The predicted octanol–water partition coefficient (Wildman–Crippen LogP) is 16.2. The summed E-state index contributed by atoms with van der Waals surface area (Å²) in [5.41, 5.74) is 1.17. The Hall–Kier alpha value is -8.95. The van der Waals surface area contributed by atoms with E-state index >= 15 is 13.2 Å². The van der Waals surface area contributed by atoms with Crippen molar-refractivity contribution >= 4 is 62.8 Å². The second-order valence-corrected chi connectivity index (χ2v) is 39.1. The third-order valence-corrected chi connectivity index (χ3v) is 24.4. The molecule has 0 aromatic heterocycles. The van der Waals surface area contributed by atoms with E-state index in [1.165, 1.54) is 77.0 Å². The van der Waals surface area contributed by atoms with Gasteiger partial charge in [0.15, 0.2) is 31.3 Å². The van der Waals surface area contributed by atoms with Crippen LogP contribution in [-0.4, -0.2) is 172 Å². The molecule has 20 nitrogen and oxygen atoms in total. The first kappa shape index (κ1) is 89.3. The van der Waals surface area contributed by atoms with Crippen molar-refractivity contribution in [3.05, 3.63) is 215 Å². The fourth-order valence-corrected chi connectivity index (χ4v) is 17.8. The van der Waals surface area contributed by atoms with E-state index in [4.69, 9.17) is 66.0 Å². The molecule has 6 aromatic carbocycles. The van der Waals surface area contributed by atoms with Gasteiger partial charge in [-0.1, -0.05) is 174 Å². The summed E-state index contributed by atoms with van der Waals surface area (Å²) >= 11 is 0. The average molecular weight is 1590 g/mol. The second-order valence-electron chi connectivity index (χ2n) is 29.3. The number of aromatic carboxylic acids is 1. The fraction of sp³-hybridized carbons (Fsp3) is 0.422. The number of benzene rings is 6. The van der Waals surface area contributed by atoms with Crippen LogP contribution in [0.3, 0.4) is 0 Å². The topological polar surface area (TPSA) is 238 Å². The highest BCUT2D eigenvalue weighted by molar-refractivity contribution is 6.99. The van der Waals surface area contributed by atoms with E-state index in [-0.39, 0.29) is 72.4 Å². The number of carbonyl (C=O) groups excluding carboxylic acids is 3. The van der Waals surface area contributed by atoms with Gasteiger partial charge in [-0.2, -0.15) is 26.3 Å². The first-order chi connectivity index (χ1) is 52.3. The molecule has 8 rings (SSSR count). The molecule has 0 spiro atoms. The SMILES string of the molecule is COCOc1cc(OC)cc(/C=C/C[C@@H]2OC(C)(C)O[C@@H]2C(/C=C\CC(O)C(F)(F)F)OC(=O)c2ccccc2)c1C(=O)O.COCOc1cc(OC)cc(/C=C/C[C@@H]2OC(C)(C)O[C@@H]2C(/C=C\CC(O[Si](c2ccccc2)(c2ccccc2)C(C)(C)C)C(F)(F)F)OC(=O)c2ccccc2)c1C(=O)OCC[Si](C)(C)C. The highest BCUT2D eigenvalue weighted by Crippen LogP contribution is 2.43. The van der Waals surface area contributed by atoms with Gasteiger partial charge < -0.3 is 76.2 Å². The number of alkyl halides is 6. The van der Waals surface area contributed by atoms with Gasteiger partial charge in [-0.3, -0.25) is 0 Å². The number of carboxylic acid groups (broad SMARTS) is 1. The summed E-state index contributed by atoms with van der Waals surface area (Å²) in [4.78, 5) is 52.4. The summed E-state index contributed by atoms with van der Waals surface area (Å²) < 4.78 is 166. The van der Waals surface area contributed by atoms with Crippen molar-refractivity contribution in [2.45, 2.75) is 178 Å². The van der Waals surface area contributed by atoms with Crippen molar-refractivity contribution in [2.75, 3.05) is 48.6 Å². The Balaban J connectivity index is 0.000000336. The number of hydrogen-bond donors (Lipinski definition) is 2. The Bertz CT molecular complexity index is 4070. The molecule has 0 aliphatic carbocycles. The van der Waals surface area contributed by atoms with E-state index in [0.717, 1.165) is 12.1 Å². The largest absolute Gasteiger partial charge is 0.497 e. The van der Waals surface area contributed by atoms with Gasteiger partial charge in [0, 0.05) is 40.8 Å². The number of ether oxygens (including phenoxy) is 13. The molecule has 2 N–H and O–H groups in total. The number of aliphatic hydroxyl groups excluding tert-OH is 1. The fourth-order valence-electron chi connectivity index (χ4n) is 12.4. The van der Waals surface area contributed by atoms with Gasteiger partial charge in [-0.15, -0.1) is 0 Å². The molecule has 28 heteroatoms. The number of aliphatic hydroxyl groups is 1. The molecular weight excluding hydrogens is 1490 g/mol. The summed E-state index contributed by atoms with van der Waals surface area (Å²) in [5, 5.41) is 20.0. The minimum Gasteiger partial charge on any atom is -0.497 e. The summed E-state index contributed by atoms with van der Waals surface area (Å²) in [5.74, 6) is -4.66. The smallest absolute Gasteiger partial charge is 0.414 e. The molecule has 4 unspecified atom stereocenters. The van der Waals surface area contributed by atoms with Crippen molar-refractivity contribution < 1.29 is 122 Å². The molecule has 8 atom stereocenters. The second kappa shape index (κ2) is 40.0. The third kappa shape index (κ3) is 25.8. The molecule has 2 saturated heterocycles. The third-order valence-electron chi connectivity index (χ3n) is 17.6. The molecule has 2 fully saturated rings. The summed E-state index contributed by atoms with van der Waals surface area (Å²) in [6.45, 7) is 18.9. The molecule has 0 radical (unpaired) electrons. The maximum atomic E-state index is 15.4. The number of methoxy groups -OCH3 is 4. The maximum Gasteiger partial charge on any atom is 0.414 e. The predicted molar refractivity (Wildman–Crippen MR) is 411 cm³/mol. The minimum absolute atomic E-state index is 0.0249. The maximum absolute atomic E-state index is 15.4. The summed E-state index contributed by atoms with van der Waals surface area (Å²) in [6, 6.07) is 41.5. The standard InChI is InChI=1S/C52H65F3O10Si2.C31H35F3O10/c1-50(2,3)67(40-25-16-12-17-26-40,41-27-18-13-19-28-41)65-45(52(53,54)55)31-21-29-42(62-48(56)37-22-14-11-15-23-37)47-43(63-51(4,5)64-47)30-20-24-38-34-39(59-7)35-44(61-36-58-6)46(38)49(57)60-32-33-66(8,9)10;1-30(2)43-23(14-8-12-20-16-21(40-4)17-24(41-18-39-3)26(20)28(36)37)27(44-30)22(13-9-15-25(35)31(32,33)34)42-29(38)19-10-6-5-7-11-19/h11-29,34-35,42-43,45,47H,30-33,36H2,1-10H3;5-13,16-17,22-23,25,27,35H,14-15,18H2,1-4H3,(H,36,37)/b24-20+,29-21-;12-8+,13-9-/t42?,43-,45?,47+;22?,23-,25?,27+/m00/s1. The number of carboxylic acids is 1. The number of esters is 3. The van der Waals surface area contributed by atoms with Crippen LogP contribution in [0.4, 0.5) is 26.3 Å². The Labute approximate surface area is 646 Å². The van der Waals surface area contributed by atoms with Crippen molar-refractivity contribution in [1.82, 2.24) is 0 Å². The monoisotopic (exact) mass is 1590 g/mol. The van der Waals surface area contributed by atoms with Crippen LogP contribution in [0, 0.1) is 0 Å². The molecule has 2 aliphatic heterocycles. The van der Waals surface area contributed by atoms with E-state index < -0.39 is 131 Å². The zero-order valence-electron chi connectivity index (χ0n) is 64.8. The lowest BCUT2D eigenvalue weighted by molar-refractivity contribution is -0.202. The Morgan fingerprint density at radius 3 is 1.32 bits per heavy atom. The quantitative estimate of drug-likeness (QED) is 0.00939. The van der Waals surface area contributed by atoms with Gasteiger partial charge in [-0.05, 0) is 128 Å². The van der Waals surface area contributed by atoms with E-state index in [0.29, 0.717) is 27.4 Å². The van der Waals surface area contributed by atoms with Crippen LogP contribution in [0.2, 0.25) is 30.7 Å². The summed E-state index contributed by atoms with van der Waals surface area (Å²) in [6.07, 6.45) is -9.75. The molecule has 0 saturated carbocycles. The average Bonchev–Trinajstić information content (AvgIpc) is 1.47. The van der Waals surface area contributed by atoms with Crippen LogP contribution < -0.4 is 29.3 Å². The van der Waals surface area contributed by atoms with Gasteiger partial charge in [0.05, 0.1) is 44.2 Å². The minimum atomic E-state index is -4.83. The van der Waals surface area contributed by atoms with E-state index in [1.54, 1.807) is 107 Å². The van der Waals surface area contributed by atoms with Crippen molar-refractivity contribution in [2.24, 2.45) is 0 Å². The van der Waals surface area contributed by atoms with Crippen LogP contribution in [-0.2, 0) is 47.1 Å². The van der Waals surface area contributed by atoms with Gasteiger partial charge in [-0.25, -0.2) is 19.2 Å². The zero-order chi connectivity index (χ0) is 81.5. The van der Waals surface area contributed by atoms with Crippen molar-refractivity contribution in [1.29, 1.82) is 0 Å². The Morgan fingerprint density at radius 1 is 0.541 bits per heavy atom. The molecule has 6 aromatic rings. The van der Waals surface area contributed by atoms with Crippen LogP contribution in [0.15, 0.2) is 182 Å². The van der Waals surface area contributed by atoms with Crippen LogP contribution in [0.5, 0.6) is 23.0 Å². The van der Waals surface area contributed by atoms with Crippen LogP contribution in [0.1, 0.15) is 127 Å². The number of hydrogen-bond acceptors (Lipinski definition) is 19. The Morgan fingerprint density at radius 2 is 0.946 bits per heavy atom. The van der Waals surface area contributed by atoms with Crippen molar-refractivity contribution in [3.8, 4) is 23.0 Å². The van der Waals surface area contributed by atoms with Crippen LogP contribution in [0.25, 0.3) is 12.2 Å². The highest BCUT2D eigenvalue weighted by atomic mass is 28.4. The number of rotatable bonds is 35. The molecule has 2 heterocycles. The molecule has 0 amide bonds. The normalized spacial score (nSPS) is 18.4. The van der Waals surface area contributed by atoms with Gasteiger partial charge >= 0.3 is 36.2 Å². The van der Waals surface area contributed by atoms with Crippen LogP contribution >= 0.6 is 0 Å². The molecule has 602 valence electrons. The first-order valence-corrected chi connectivity index (χ1v) is 41.5. The Kier molecular flexibility index (Phi) is 32.2. The molecule has 2 aliphatic rings. The van der Waals surface area contributed by atoms with Gasteiger partial charge in [0.25, 0.3) is 8.32 Å². The lowest BCUT2D eigenvalue weighted by Gasteiger charge is -2.45. The van der Waals surface area contributed by atoms with Gasteiger partial charge in [0.2, 0.25) is 0 Å².